The normalized spacial score (nSPS) is 30.8. The topological polar surface area (TPSA) is 98.0 Å². The fraction of sp³-hybridized carbons (Fsp3) is 0.559. The van der Waals surface area contributed by atoms with Crippen LogP contribution in [0.25, 0.3) is 0 Å². The number of hydrogen-bond acceptors (Lipinski definition) is 6. The lowest BCUT2D eigenvalue weighted by atomic mass is 9.51. The Bertz CT molecular complexity index is 1540. The average molecular weight is 622 g/mol. The Morgan fingerprint density at radius 3 is 2.51 bits per heavy atom. The van der Waals surface area contributed by atoms with Gasteiger partial charge in [-0.2, -0.15) is 0 Å². The Hall–Kier alpha value is -2.77. The molecule has 7 nitrogen and oxygen atoms in total. The maximum Gasteiger partial charge on any atom is 0.236 e. The Balaban J connectivity index is 1.29. The minimum atomic E-state index is -0.899. The van der Waals surface area contributed by atoms with E-state index in [1.165, 1.54) is 6.39 Å². The standard InChI is InChI=1S/C34H38Cl2N4O3/c1-32(2)10-12-33(13-11-32)18-24(27(41)15-20-3-5-21(6-4-20)30-40-38-19-43-30)29(22-9-14-37-28(36)16-22)34(33)25-8-7-23(35)17-26(25)39-31(34)42/h7-9,14,16-17,19-21,24,29H,3-6,10-13,15,18H2,1-2H3,(H,39,42)/t20?,21?,24-,29-,34+/m0/s1. The van der Waals surface area contributed by atoms with Crippen LogP contribution >= 0.6 is 23.2 Å². The van der Waals surface area contributed by atoms with Crippen molar-refractivity contribution in [3.05, 3.63) is 70.1 Å². The quantitative estimate of drug-likeness (QED) is 0.288. The molecule has 4 aliphatic rings. The fourth-order valence-electron chi connectivity index (χ4n) is 9.28. The summed E-state index contributed by atoms with van der Waals surface area (Å²) in [5.74, 6) is 0.850. The van der Waals surface area contributed by atoms with Crippen LogP contribution in [0.5, 0.6) is 0 Å². The summed E-state index contributed by atoms with van der Waals surface area (Å²) in [6, 6.07) is 9.60. The highest BCUT2D eigenvalue weighted by atomic mass is 35.5. The van der Waals surface area contributed by atoms with E-state index in [1.807, 2.05) is 30.3 Å². The number of ketones is 1. The number of halogens is 2. The van der Waals surface area contributed by atoms with Crippen molar-refractivity contribution in [1.82, 2.24) is 15.2 Å². The number of amides is 1. The van der Waals surface area contributed by atoms with Gasteiger partial charge in [-0.3, -0.25) is 9.59 Å². The Kier molecular flexibility index (Phi) is 7.20. The number of nitrogens with zero attached hydrogens (tertiary/aromatic N) is 3. The van der Waals surface area contributed by atoms with Gasteiger partial charge in [-0.1, -0.05) is 43.1 Å². The van der Waals surface area contributed by atoms with Crippen LogP contribution in [-0.4, -0.2) is 26.9 Å². The molecule has 7 rings (SSSR count). The molecule has 0 unspecified atom stereocenters. The van der Waals surface area contributed by atoms with Gasteiger partial charge in [0.15, 0.2) is 0 Å². The van der Waals surface area contributed by atoms with Gasteiger partial charge < -0.3 is 9.73 Å². The summed E-state index contributed by atoms with van der Waals surface area (Å²) in [6.07, 6.45) is 11.9. The summed E-state index contributed by atoms with van der Waals surface area (Å²) in [6.45, 7) is 4.63. The number of anilines is 1. The number of nitrogens with one attached hydrogen (secondary N) is 1. The van der Waals surface area contributed by atoms with Crippen molar-refractivity contribution in [3.63, 3.8) is 0 Å². The van der Waals surface area contributed by atoms with Gasteiger partial charge in [-0.15, -0.1) is 10.2 Å². The summed E-state index contributed by atoms with van der Waals surface area (Å²) >= 11 is 12.9. The third-order valence-corrected chi connectivity index (χ3v) is 11.9. The molecule has 0 saturated heterocycles. The zero-order chi connectivity index (χ0) is 30.0. The van der Waals surface area contributed by atoms with Crippen molar-refractivity contribution >= 4 is 40.6 Å². The smallest absolute Gasteiger partial charge is 0.236 e. The van der Waals surface area contributed by atoms with Gasteiger partial charge in [0, 0.05) is 41.1 Å². The van der Waals surface area contributed by atoms with Crippen LogP contribution in [0.4, 0.5) is 5.69 Å². The largest absolute Gasteiger partial charge is 0.428 e. The van der Waals surface area contributed by atoms with Crippen LogP contribution in [0.1, 0.15) is 107 Å². The van der Waals surface area contributed by atoms with Gasteiger partial charge in [0.05, 0.1) is 5.41 Å². The fourth-order valence-corrected chi connectivity index (χ4v) is 9.63. The molecule has 9 heteroatoms. The van der Waals surface area contributed by atoms with E-state index in [0.29, 0.717) is 34.8 Å². The highest BCUT2D eigenvalue weighted by Gasteiger charge is 2.72. The van der Waals surface area contributed by atoms with Gasteiger partial charge >= 0.3 is 0 Å². The van der Waals surface area contributed by atoms with Crippen LogP contribution < -0.4 is 5.32 Å². The van der Waals surface area contributed by atoms with E-state index in [0.717, 1.165) is 68.2 Å². The highest BCUT2D eigenvalue weighted by Crippen LogP contribution is 2.72. The lowest BCUT2D eigenvalue weighted by molar-refractivity contribution is -0.127. The van der Waals surface area contributed by atoms with E-state index in [4.69, 9.17) is 27.6 Å². The molecule has 0 bridgehead atoms. The molecule has 2 aromatic heterocycles. The van der Waals surface area contributed by atoms with Crippen LogP contribution in [0.3, 0.4) is 0 Å². The molecule has 1 aromatic carbocycles. The number of pyridine rings is 1. The monoisotopic (exact) mass is 620 g/mol. The lowest BCUT2D eigenvalue weighted by Gasteiger charge is -2.51. The van der Waals surface area contributed by atoms with Crippen molar-refractivity contribution in [3.8, 4) is 0 Å². The summed E-state index contributed by atoms with van der Waals surface area (Å²) < 4.78 is 5.47. The lowest BCUT2D eigenvalue weighted by Crippen LogP contribution is -2.52. The van der Waals surface area contributed by atoms with Crippen LogP contribution in [-0.2, 0) is 15.0 Å². The van der Waals surface area contributed by atoms with Crippen LogP contribution in [0.2, 0.25) is 10.2 Å². The molecular formula is C34H38Cl2N4O3. The molecule has 1 N–H and O–H groups in total. The van der Waals surface area contributed by atoms with Gasteiger partial charge in [0.1, 0.15) is 10.9 Å². The van der Waals surface area contributed by atoms with Crippen molar-refractivity contribution < 1.29 is 14.0 Å². The molecule has 3 atom stereocenters. The first kappa shape index (κ1) is 29.0. The van der Waals surface area contributed by atoms with Crippen molar-refractivity contribution in [2.75, 3.05) is 5.32 Å². The molecule has 2 spiro atoms. The summed E-state index contributed by atoms with van der Waals surface area (Å²) in [5, 5.41) is 12.2. The zero-order valence-electron chi connectivity index (χ0n) is 24.7. The molecule has 1 amide bonds. The second-order valence-electron chi connectivity index (χ2n) is 14.3. The minimum absolute atomic E-state index is 0.0160. The van der Waals surface area contributed by atoms with Crippen LogP contribution in [0, 0.1) is 22.7 Å². The molecule has 3 aromatic rings. The third-order valence-electron chi connectivity index (χ3n) is 11.5. The highest BCUT2D eigenvalue weighted by molar-refractivity contribution is 6.31. The maximum absolute atomic E-state index is 14.6. The zero-order valence-corrected chi connectivity index (χ0v) is 26.3. The van der Waals surface area contributed by atoms with E-state index in [2.05, 4.69) is 34.3 Å². The van der Waals surface area contributed by atoms with Gasteiger partial charge in [0.2, 0.25) is 18.2 Å². The van der Waals surface area contributed by atoms with Gasteiger partial charge in [0.25, 0.3) is 0 Å². The van der Waals surface area contributed by atoms with Crippen LogP contribution in [0.15, 0.2) is 47.3 Å². The minimum Gasteiger partial charge on any atom is -0.428 e. The number of Topliss-reactive ketones (excluding diaryl/α,β-unsaturated/α-hetero) is 1. The van der Waals surface area contributed by atoms with Gasteiger partial charge in [-0.25, -0.2) is 4.98 Å². The van der Waals surface area contributed by atoms with Gasteiger partial charge in [-0.05, 0) is 110 Å². The molecule has 1 aliphatic heterocycles. The third kappa shape index (κ3) is 4.73. The molecule has 3 heterocycles. The molecule has 43 heavy (non-hydrogen) atoms. The van der Waals surface area contributed by atoms with Crippen molar-refractivity contribution in [1.29, 1.82) is 0 Å². The molecular weight excluding hydrogens is 583 g/mol. The molecule has 3 fully saturated rings. The Labute approximate surface area is 262 Å². The second-order valence-corrected chi connectivity index (χ2v) is 15.1. The van der Waals surface area contributed by atoms with Crippen molar-refractivity contribution in [2.24, 2.45) is 22.7 Å². The number of hydrogen-bond donors (Lipinski definition) is 1. The SMILES string of the molecule is CC1(C)CCC2(CC1)C[C@@H](C(=O)CC1CCC(c3nnco3)CC1)[C@H](c1ccnc(Cl)c1)[C@]21C(=O)Nc2cc(Cl)ccc21. The first-order valence-electron chi connectivity index (χ1n) is 15.6. The Morgan fingerprint density at radius 1 is 1.05 bits per heavy atom. The first-order valence-corrected chi connectivity index (χ1v) is 16.4. The van der Waals surface area contributed by atoms with E-state index < -0.39 is 5.41 Å². The molecule has 3 saturated carbocycles. The predicted molar refractivity (Wildman–Crippen MR) is 165 cm³/mol. The second kappa shape index (κ2) is 10.7. The number of fused-ring (bicyclic) bond motifs is 3. The molecule has 0 radical (unpaired) electrons. The van der Waals surface area contributed by atoms with Crippen molar-refractivity contribution in [2.45, 2.75) is 95.3 Å². The summed E-state index contributed by atoms with van der Waals surface area (Å²) in [5.41, 5.74) is 1.58. The van der Waals surface area contributed by atoms with E-state index in [9.17, 15) is 9.59 Å². The van der Waals surface area contributed by atoms with E-state index in [1.54, 1.807) is 6.20 Å². The number of rotatable bonds is 5. The van der Waals surface area contributed by atoms with E-state index >= 15 is 0 Å². The number of carbonyl (C=O) groups excluding carboxylic acids is 2. The first-order chi connectivity index (χ1) is 20.6. The Morgan fingerprint density at radius 2 is 1.81 bits per heavy atom. The number of benzene rings is 1. The molecule has 3 aliphatic carbocycles. The average Bonchev–Trinajstić information content (AvgIpc) is 3.68. The summed E-state index contributed by atoms with van der Waals surface area (Å²) in [7, 11) is 0. The molecule has 226 valence electrons. The van der Waals surface area contributed by atoms with E-state index in [-0.39, 0.29) is 40.3 Å². The number of carbonyl (C=O) groups is 2. The predicted octanol–water partition coefficient (Wildman–Crippen LogP) is 8.28. The maximum atomic E-state index is 14.6. The number of aromatic nitrogens is 3. The summed E-state index contributed by atoms with van der Waals surface area (Å²) in [4.78, 5) is 33.5.